The maximum Gasteiger partial charge on any atom is 0.301 e. The molecule has 1 aromatic rings. The van der Waals surface area contributed by atoms with Crippen molar-refractivity contribution in [3.63, 3.8) is 0 Å². The molecule has 0 bridgehead atoms. The van der Waals surface area contributed by atoms with Gasteiger partial charge in [-0.1, -0.05) is 19.3 Å². The molecule has 0 radical (unpaired) electrons. The van der Waals surface area contributed by atoms with E-state index in [9.17, 15) is 25.3 Å². The Kier molecular flexibility index (Phi) is 4.89. The number of nitrogens with one attached hydrogen (secondary N) is 1. The number of hydrazone groups is 1. The first-order valence-corrected chi connectivity index (χ1v) is 7.29. The van der Waals surface area contributed by atoms with Gasteiger partial charge in [-0.2, -0.15) is 5.10 Å². The lowest BCUT2D eigenvalue weighted by Crippen LogP contribution is -2.39. The monoisotopic (exact) mass is 322 g/mol. The molecule has 23 heavy (non-hydrogen) atoms. The summed E-state index contributed by atoms with van der Waals surface area (Å²) in [6.07, 6.45) is 4.08. The Balaban J connectivity index is 2.23. The Morgan fingerprint density at radius 3 is 2.43 bits per heavy atom. The van der Waals surface area contributed by atoms with Gasteiger partial charge in [0.25, 0.3) is 5.69 Å². The zero-order chi connectivity index (χ0) is 17.0. The minimum absolute atomic E-state index is 0.0411. The largest absolute Gasteiger partial charge is 0.384 e. The van der Waals surface area contributed by atoms with Crippen molar-refractivity contribution in [3.05, 3.63) is 38.4 Å². The molecule has 1 saturated carbocycles. The molecule has 0 unspecified atom stereocenters. The SMILES string of the molecule is C/C(=N/Nc1ccc([N+](=O)[O-])cc1[N+](=O)[O-])C1(O)CCCCC1. The average Bonchev–Trinajstić information content (AvgIpc) is 2.52. The number of rotatable bonds is 5. The average molecular weight is 322 g/mol. The normalized spacial score (nSPS) is 17.6. The summed E-state index contributed by atoms with van der Waals surface area (Å²) in [5.41, 5.74) is 1.23. The molecule has 0 saturated heterocycles. The maximum atomic E-state index is 11.1. The van der Waals surface area contributed by atoms with Gasteiger partial charge in [-0.15, -0.1) is 0 Å². The smallest absolute Gasteiger partial charge is 0.301 e. The molecule has 2 rings (SSSR count). The van der Waals surface area contributed by atoms with Crippen LogP contribution in [-0.2, 0) is 0 Å². The third-order valence-corrected chi connectivity index (χ3v) is 4.09. The van der Waals surface area contributed by atoms with Crippen molar-refractivity contribution < 1.29 is 15.0 Å². The summed E-state index contributed by atoms with van der Waals surface area (Å²) in [6.45, 7) is 1.66. The number of hydrogen-bond acceptors (Lipinski definition) is 7. The number of hydrogen-bond donors (Lipinski definition) is 2. The molecule has 9 nitrogen and oxygen atoms in total. The van der Waals surface area contributed by atoms with Gasteiger partial charge < -0.3 is 5.11 Å². The highest BCUT2D eigenvalue weighted by Crippen LogP contribution is 2.31. The van der Waals surface area contributed by atoms with Gasteiger partial charge in [0.15, 0.2) is 0 Å². The van der Waals surface area contributed by atoms with E-state index in [0.717, 1.165) is 31.4 Å². The molecule has 0 amide bonds. The maximum absolute atomic E-state index is 11.1. The van der Waals surface area contributed by atoms with E-state index in [-0.39, 0.29) is 11.4 Å². The van der Waals surface area contributed by atoms with Gasteiger partial charge in [-0.05, 0) is 25.8 Å². The van der Waals surface area contributed by atoms with Crippen molar-refractivity contribution >= 4 is 22.8 Å². The van der Waals surface area contributed by atoms with Gasteiger partial charge in [-0.25, -0.2) is 0 Å². The van der Waals surface area contributed by atoms with Crippen LogP contribution in [0, 0.1) is 20.2 Å². The van der Waals surface area contributed by atoms with Crippen molar-refractivity contribution in [1.82, 2.24) is 0 Å². The zero-order valence-corrected chi connectivity index (χ0v) is 12.7. The molecule has 2 N–H and O–H groups in total. The highest BCUT2D eigenvalue weighted by atomic mass is 16.6. The Bertz CT molecular complexity index is 653. The Labute approximate surface area is 132 Å². The quantitative estimate of drug-likeness (QED) is 0.486. The fourth-order valence-corrected chi connectivity index (χ4v) is 2.63. The van der Waals surface area contributed by atoms with Crippen LogP contribution in [0.15, 0.2) is 23.3 Å². The van der Waals surface area contributed by atoms with Gasteiger partial charge in [0.2, 0.25) is 0 Å². The highest BCUT2D eigenvalue weighted by Gasteiger charge is 2.32. The molecule has 0 atom stereocenters. The fourth-order valence-electron chi connectivity index (χ4n) is 2.63. The van der Waals surface area contributed by atoms with E-state index in [1.165, 1.54) is 6.07 Å². The molecule has 9 heteroatoms. The first kappa shape index (κ1) is 16.8. The lowest BCUT2D eigenvalue weighted by molar-refractivity contribution is -0.393. The van der Waals surface area contributed by atoms with E-state index in [0.29, 0.717) is 18.6 Å². The van der Waals surface area contributed by atoms with Gasteiger partial charge in [0.1, 0.15) is 11.3 Å². The number of nitro benzene ring substituents is 2. The van der Waals surface area contributed by atoms with Crippen LogP contribution in [0.5, 0.6) is 0 Å². The van der Waals surface area contributed by atoms with E-state index in [1.54, 1.807) is 6.92 Å². The second-order valence-electron chi connectivity index (χ2n) is 5.62. The van der Waals surface area contributed by atoms with E-state index < -0.39 is 21.1 Å². The van der Waals surface area contributed by atoms with Gasteiger partial charge >= 0.3 is 5.69 Å². The van der Waals surface area contributed by atoms with Crippen molar-refractivity contribution in [2.75, 3.05) is 5.43 Å². The summed E-state index contributed by atoms with van der Waals surface area (Å²) < 4.78 is 0. The Morgan fingerprint density at radius 2 is 1.87 bits per heavy atom. The summed E-state index contributed by atoms with van der Waals surface area (Å²) in [5.74, 6) is 0. The summed E-state index contributed by atoms with van der Waals surface area (Å²) in [4.78, 5) is 20.3. The number of aliphatic hydroxyl groups is 1. The van der Waals surface area contributed by atoms with E-state index in [4.69, 9.17) is 0 Å². The van der Waals surface area contributed by atoms with Crippen LogP contribution in [0.25, 0.3) is 0 Å². The van der Waals surface area contributed by atoms with Crippen LogP contribution >= 0.6 is 0 Å². The Hall–Kier alpha value is -2.55. The van der Waals surface area contributed by atoms with Crippen molar-refractivity contribution in [2.45, 2.75) is 44.6 Å². The first-order valence-electron chi connectivity index (χ1n) is 7.29. The predicted molar refractivity (Wildman–Crippen MR) is 84.5 cm³/mol. The van der Waals surface area contributed by atoms with Crippen molar-refractivity contribution in [2.24, 2.45) is 5.10 Å². The molecule has 124 valence electrons. The van der Waals surface area contributed by atoms with Crippen molar-refractivity contribution in [1.29, 1.82) is 0 Å². The van der Waals surface area contributed by atoms with Crippen LogP contribution in [0.4, 0.5) is 17.1 Å². The molecule has 1 aliphatic carbocycles. The Morgan fingerprint density at radius 1 is 1.22 bits per heavy atom. The number of nitro groups is 2. The summed E-state index contributed by atoms with van der Waals surface area (Å²) in [6, 6.07) is 3.27. The summed E-state index contributed by atoms with van der Waals surface area (Å²) in [5, 5.41) is 36.3. The van der Waals surface area contributed by atoms with Crippen LogP contribution in [0.1, 0.15) is 39.0 Å². The fraction of sp³-hybridized carbons (Fsp3) is 0.500. The minimum Gasteiger partial charge on any atom is -0.384 e. The molecule has 0 aliphatic heterocycles. The second-order valence-corrected chi connectivity index (χ2v) is 5.62. The van der Waals surface area contributed by atoms with E-state index in [1.807, 2.05) is 0 Å². The molecule has 1 aliphatic rings. The molecule has 0 heterocycles. The first-order chi connectivity index (χ1) is 10.8. The molecule has 0 spiro atoms. The van der Waals surface area contributed by atoms with Gasteiger partial charge in [0.05, 0.1) is 21.6 Å². The minimum atomic E-state index is -0.999. The molecule has 1 aromatic carbocycles. The summed E-state index contributed by atoms with van der Waals surface area (Å²) in [7, 11) is 0. The van der Waals surface area contributed by atoms with Crippen LogP contribution < -0.4 is 5.43 Å². The number of anilines is 1. The van der Waals surface area contributed by atoms with E-state index in [2.05, 4.69) is 10.5 Å². The number of benzene rings is 1. The number of nitrogens with zero attached hydrogens (tertiary/aromatic N) is 3. The van der Waals surface area contributed by atoms with Gasteiger partial charge in [0, 0.05) is 6.07 Å². The topological polar surface area (TPSA) is 131 Å². The lowest BCUT2D eigenvalue weighted by Gasteiger charge is -2.31. The van der Waals surface area contributed by atoms with E-state index >= 15 is 0 Å². The van der Waals surface area contributed by atoms with Gasteiger partial charge in [-0.3, -0.25) is 25.7 Å². The zero-order valence-electron chi connectivity index (χ0n) is 12.7. The van der Waals surface area contributed by atoms with Crippen LogP contribution in [0.3, 0.4) is 0 Å². The molecular formula is C14H18N4O5. The van der Waals surface area contributed by atoms with Crippen LogP contribution in [-0.4, -0.2) is 26.3 Å². The molecule has 0 aromatic heterocycles. The second kappa shape index (κ2) is 6.69. The highest BCUT2D eigenvalue weighted by molar-refractivity contribution is 5.91. The summed E-state index contributed by atoms with van der Waals surface area (Å²) >= 11 is 0. The van der Waals surface area contributed by atoms with Crippen molar-refractivity contribution in [3.8, 4) is 0 Å². The molecular weight excluding hydrogens is 304 g/mol. The predicted octanol–water partition coefficient (Wildman–Crippen LogP) is 2.99. The number of non-ortho nitro benzene ring substituents is 1. The molecule has 1 fully saturated rings. The lowest BCUT2D eigenvalue weighted by atomic mass is 9.82. The standard InChI is InChI=1S/C14H18N4O5/c1-10(14(19)7-3-2-4-8-14)15-16-12-6-5-11(17(20)21)9-13(12)18(22)23/h5-6,9,16,19H,2-4,7-8H2,1H3/b15-10-. The van der Waals surface area contributed by atoms with Crippen LogP contribution in [0.2, 0.25) is 0 Å². The third kappa shape index (κ3) is 3.81. The third-order valence-electron chi connectivity index (χ3n) is 4.09.